The van der Waals surface area contributed by atoms with Crippen LogP contribution in [0, 0.1) is 6.92 Å². The molecule has 0 bridgehead atoms. The topological polar surface area (TPSA) is 57.6 Å². The lowest BCUT2D eigenvalue weighted by molar-refractivity contribution is -0.145. The van der Waals surface area contributed by atoms with Gasteiger partial charge in [-0.25, -0.2) is 4.79 Å². The molecule has 0 unspecified atom stereocenters. The fourth-order valence-electron chi connectivity index (χ4n) is 2.16. The summed E-state index contributed by atoms with van der Waals surface area (Å²) in [6, 6.07) is 6.86. The normalized spacial score (nSPS) is 17.8. The first-order chi connectivity index (χ1) is 10.9. The number of hydrogen-bond donors (Lipinski definition) is 1. The van der Waals surface area contributed by atoms with Gasteiger partial charge in [0.1, 0.15) is 10.4 Å². The third-order valence-corrected chi connectivity index (χ3v) is 5.37. The van der Waals surface area contributed by atoms with Gasteiger partial charge in [0, 0.05) is 0 Å². The van der Waals surface area contributed by atoms with Crippen molar-refractivity contribution in [1.29, 1.82) is 0 Å². The van der Waals surface area contributed by atoms with Gasteiger partial charge in [0.2, 0.25) is 0 Å². The van der Waals surface area contributed by atoms with Crippen LogP contribution >= 0.6 is 35.7 Å². The highest BCUT2D eigenvalue weighted by Gasteiger charge is 2.40. The predicted octanol–water partition coefficient (Wildman–Crippen LogP) is 3.40. The van der Waals surface area contributed by atoms with Crippen molar-refractivity contribution >= 4 is 58.0 Å². The van der Waals surface area contributed by atoms with Crippen LogP contribution in [0.15, 0.2) is 29.2 Å². The molecule has 1 saturated heterocycles. The second-order valence-corrected chi connectivity index (χ2v) is 7.76. The number of hydrogen-bond acceptors (Lipinski definition) is 5. The Morgan fingerprint density at radius 1 is 1.43 bits per heavy atom. The van der Waals surface area contributed by atoms with Crippen molar-refractivity contribution in [2.24, 2.45) is 0 Å². The number of nitrogens with zero attached hydrogens (tertiary/aromatic N) is 1. The molecule has 1 N–H and O–H groups in total. The van der Waals surface area contributed by atoms with Gasteiger partial charge >= 0.3 is 5.97 Å². The number of carboxylic acid groups (broad SMARTS) is 1. The lowest BCUT2D eigenvalue weighted by Crippen LogP contribution is -2.44. The van der Waals surface area contributed by atoms with Gasteiger partial charge in [-0.3, -0.25) is 9.69 Å². The van der Waals surface area contributed by atoms with E-state index in [0.717, 1.165) is 22.9 Å². The van der Waals surface area contributed by atoms with Crippen molar-refractivity contribution in [3.05, 3.63) is 40.3 Å². The van der Waals surface area contributed by atoms with E-state index >= 15 is 0 Å². The number of aryl methyl sites for hydroxylation is 1. The van der Waals surface area contributed by atoms with E-state index in [0.29, 0.717) is 21.4 Å². The van der Waals surface area contributed by atoms with E-state index in [1.165, 1.54) is 4.90 Å². The van der Waals surface area contributed by atoms with Crippen LogP contribution in [0.3, 0.4) is 0 Å². The molecule has 1 atom stereocenters. The molecule has 0 aliphatic carbocycles. The number of carbonyl (C=O) groups is 2. The van der Waals surface area contributed by atoms with Gasteiger partial charge in [0.05, 0.1) is 4.91 Å². The zero-order valence-electron chi connectivity index (χ0n) is 12.8. The zero-order chi connectivity index (χ0) is 17.0. The molecule has 1 amide bonds. The lowest BCUT2D eigenvalue weighted by atomic mass is 10.1. The Hall–Kier alpha value is -1.31. The van der Waals surface area contributed by atoms with E-state index in [1.54, 1.807) is 17.8 Å². The van der Waals surface area contributed by atoms with Crippen LogP contribution in [0.25, 0.3) is 6.08 Å². The van der Waals surface area contributed by atoms with Gasteiger partial charge in [0.25, 0.3) is 5.91 Å². The predicted molar refractivity (Wildman–Crippen MR) is 101 cm³/mol. The Labute approximate surface area is 149 Å². The molecule has 2 rings (SSSR count). The minimum Gasteiger partial charge on any atom is -0.480 e. The van der Waals surface area contributed by atoms with Crippen molar-refractivity contribution in [1.82, 2.24) is 4.90 Å². The molecular weight excluding hydrogens is 350 g/mol. The zero-order valence-corrected chi connectivity index (χ0v) is 15.3. The maximum atomic E-state index is 12.6. The van der Waals surface area contributed by atoms with E-state index < -0.39 is 12.0 Å². The molecule has 1 heterocycles. The summed E-state index contributed by atoms with van der Waals surface area (Å²) in [4.78, 5) is 25.8. The molecule has 4 nitrogen and oxygen atoms in total. The maximum Gasteiger partial charge on any atom is 0.326 e. The molecule has 122 valence electrons. The molecule has 23 heavy (non-hydrogen) atoms. The monoisotopic (exact) mass is 367 g/mol. The van der Waals surface area contributed by atoms with Crippen LogP contribution < -0.4 is 0 Å². The molecule has 0 saturated carbocycles. The Morgan fingerprint density at radius 3 is 2.65 bits per heavy atom. The smallest absolute Gasteiger partial charge is 0.326 e. The fourth-order valence-corrected chi connectivity index (χ4v) is 3.97. The van der Waals surface area contributed by atoms with Crippen molar-refractivity contribution in [3.63, 3.8) is 0 Å². The molecule has 1 fully saturated rings. The first-order valence-corrected chi connectivity index (χ1v) is 9.61. The van der Waals surface area contributed by atoms with E-state index in [4.69, 9.17) is 12.2 Å². The number of aliphatic carboxylic acids is 1. The summed E-state index contributed by atoms with van der Waals surface area (Å²) < 4.78 is 0.307. The van der Waals surface area contributed by atoms with Crippen LogP contribution in [0.1, 0.15) is 17.5 Å². The summed E-state index contributed by atoms with van der Waals surface area (Å²) in [6.45, 7) is 1.99. The summed E-state index contributed by atoms with van der Waals surface area (Å²) in [7, 11) is 0. The van der Waals surface area contributed by atoms with Crippen molar-refractivity contribution in [3.8, 4) is 0 Å². The van der Waals surface area contributed by atoms with E-state index in [9.17, 15) is 14.7 Å². The number of carbonyl (C=O) groups excluding carboxylic acids is 1. The highest BCUT2D eigenvalue weighted by molar-refractivity contribution is 8.26. The van der Waals surface area contributed by atoms with Gasteiger partial charge in [-0.2, -0.15) is 11.8 Å². The first kappa shape index (κ1) is 18.0. The van der Waals surface area contributed by atoms with Crippen LogP contribution in [0.4, 0.5) is 0 Å². The quantitative estimate of drug-likeness (QED) is 0.614. The van der Waals surface area contributed by atoms with Gasteiger partial charge in [-0.1, -0.05) is 53.8 Å². The number of thiocarbonyl (C=S) groups is 1. The Kier molecular flexibility index (Phi) is 6.26. The molecule has 1 aromatic rings. The van der Waals surface area contributed by atoms with Crippen LogP contribution in [0.5, 0.6) is 0 Å². The fraction of sp³-hybridized carbons (Fsp3) is 0.312. The summed E-state index contributed by atoms with van der Waals surface area (Å²) >= 11 is 7.94. The summed E-state index contributed by atoms with van der Waals surface area (Å²) in [5.41, 5.74) is 2.03. The van der Waals surface area contributed by atoms with Crippen molar-refractivity contribution < 1.29 is 14.7 Å². The van der Waals surface area contributed by atoms with Crippen molar-refractivity contribution in [2.75, 3.05) is 12.0 Å². The standard InChI is InChI=1S/C16H17NO3S3/c1-10-3-5-11(6-4-10)9-13-14(18)17(16(21)23-13)12(15(19)20)7-8-22-2/h3-6,9,12H,7-8H2,1-2H3,(H,19,20)/b13-9+/t12-/m0/s1. The SMILES string of the molecule is CSCC[C@@H](C(=O)O)N1C(=O)/C(=C\c2ccc(C)cc2)SC1=S. The van der Waals surface area contributed by atoms with Gasteiger partial charge in [-0.15, -0.1) is 0 Å². The number of carboxylic acids is 1. The highest BCUT2D eigenvalue weighted by Crippen LogP contribution is 2.34. The van der Waals surface area contributed by atoms with Crippen LogP contribution in [-0.4, -0.2) is 44.3 Å². The minimum absolute atomic E-state index is 0.307. The second-order valence-electron chi connectivity index (χ2n) is 5.10. The molecule has 0 radical (unpaired) electrons. The molecule has 1 aliphatic rings. The molecule has 7 heteroatoms. The van der Waals surface area contributed by atoms with E-state index in [-0.39, 0.29) is 5.91 Å². The maximum absolute atomic E-state index is 12.6. The molecule has 1 aliphatic heterocycles. The average Bonchev–Trinajstić information content (AvgIpc) is 2.77. The number of benzene rings is 1. The molecule has 1 aromatic carbocycles. The lowest BCUT2D eigenvalue weighted by Gasteiger charge is -2.22. The minimum atomic E-state index is -1.02. The Balaban J connectivity index is 2.24. The molecule has 0 aromatic heterocycles. The molecule has 0 spiro atoms. The Bertz CT molecular complexity index is 655. The third-order valence-electron chi connectivity index (χ3n) is 3.39. The number of rotatable bonds is 6. The van der Waals surface area contributed by atoms with E-state index in [1.807, 2.05) is 37.4 Å². The van der Waals surface area contributed by atoms with Gasteiger partial charge < -0.3 is 5.11 Å². The second kappa shape index (κ2) is 7.99. The average molecular weight is 368 g/mol. The number of thioether (sulfide) groups is 2. The highest BCUT2D eigenvalue weighted by atomic mass is 32.2. The largest absolute Gasteiger partial charge is 0.480 e. The molecular formula is C16H17NO3S3. The third kappa shape index (κ3) is 4.37. The summed E-state index contributed by atoms with van der Waals surface area (Å²) in [5, 5.41) is 9.41. The van der Waals surface area contributed by atoms with Gasteiger partial charge in [0.15, 0.2) is 0 Å². The number of amides is 1. The summed E-state index contributed by atoms with van der Waals surface area (Å²) in [5.74, 6) is -0.689. The van der Waals surface area contributed by atoms with Gasteiger partial charge in [-0.05, 0) is 37.0 Å². The first-order valence-electron chi connectivity index (χ1n) is 6.99. The van der Waals surface area contributed by atoms with E-state index in [2.05, 4.69) is 0 Å². The van der Waals surface area contributed by atoms with Crippen LogP contribution in [-0.2, 0) is 9.59 Å². The summed E-state index contributed by atoms with van der Waals surface area (Å²) in [6.07, 6.45) is 4.04. The van der Waals surface area contributed by atoms with Crippen molar-refractivity contribution in [2.45, 2.75) is 19.4 Å². The van der Waals surface area contributed by atoms with Crippen LogP contribution in [0.2, 0.25) is 0 Å². The Morgan fingerprint density at radius 2 is 2.09 bits per heavy atom.